The summed E-state index contributed by atoms with van der Waals surface area (Å²) in [7, 11) is 5.17. The molecule has 0 bridgehead atoms. The molecule has 1 spiro atoms. The molecule has 2 aliphatic heterocycles. The lowest BCUT2D eigenvalue weighted by atomic mass is 9.84. The van der Waals surface area contributed by atoms with Crippen molar-refractivity contribution in [3.63, 3.8) is 0 Å². The number of carbonyl (C=O) groups is 2. The average molecular weight is 369 g/mol. The maximum atomic E-state index is 12.6. The van der Waals surface area contributed by atoms with Crippen LogP contribution in [0.15, 0.2) is 48.6 Å². The number of ketones is 1. The Morgan fingerprint density at radius 1 is 1.22 bits per heavy atom. The predicted octanol–water partition coefficient (Wildman–Crippen LogP) is 1.36. The zero-order chi connectivity index (χ0) is 19.3. The van der Waals surface area contributed by atoms with E-state index < -0.39 is 17.0 Å². The highest BCUT2D eigenvalue weighted by Crippen LogP contribution is 2.52. The van der Waals surface area contributed by atoms with Crippen LogP contribution >= 0.6 is 0 Å². The van der Waals surface area contributed by atoms with Gasteiger partial charge in [0.05, 0.1) is 7.11 Å². The second kappa shape index (κ2) is 5.94. The van der Waals surface area contributed by atoms with E-state index in [9.17, 15) is 9.59 Å². The first kappa shape index (κ1) is 17.8. The molecule has 2 amide bonds. The van der Waals surface area contributed by atoms with Crippen LogP contribution in [0.1, 0.15) is 12.0 Å². The summed E-state index contributed by atoms with van der Waals surface area (Å²) in [4.78, 5) is 25.8. The number of urea groups is 1. The highest BCUT2D eigenvalue weighted by molar-refractivity contribution is 6.00. The van der Waals surface area contributed by atoms with Crippen LogP contribution in [0.25, 0.3) is 0 Å². The number of hydrogen-bond donors (Lipinski definition) is 2. The van der Waals surface area contributed by atoms with Crippen LogP contribution in [-0.2, 0) is 16.0 Å². The van der Waals surface area contributed by atoms with Gasteiger partial charge in [0.2, 0.25) is 0 Å². The van der Waals surface area contributed by atoms with E-state index in [0.29, 0.717) is 12.8 Å². The number of likely N-dealkylation sites (N-methyl/N-ethyl adjacent to an activating group) is 2. The third-order valence-corrected chi connectivity index (χ3v) is 5.82. The molecule has 7 heteroatoms. The smallest absolute Gasteiger partial charge is 0.321 e. The molecule has 27 heavy (non-hydrogen) atoms. The molecular weight excluding hydrogens is 346 g/mol. The first-order valence-electron chi connectivity index (χ1n) is 8.88. The summed E-state index contributed by atoms with van der Waals surface area (Å²) < 4.78 is 11.8. The minimum atomic E-state index is -0.956. The molecule has 4 rings (SSSR count). The number of carbonyl (C=O) groups excluding carboxylic acids is 2. The Labute approximate surface area is 158 Å². The molecule has 0 unspecified atom stereocenters. The number of nitrogens with zero attached hydrogens (tertiary/aromatic N) is 1. The Morgan fingerprint density at radius 2 is 1.89 bits per heavy atom. The number of methoxy groups -OCH3 is 1. The van der Waals surface area contributed by atoms with Crippen molar-refractivity contribution in [3.05, 3.63) is 54.1 Å². The van der Waals surface area contributed by atoms with Gasteiger partial charge in [0, 0.05) is 19.9 Å². The normalized spacial score (nSPS) is 30.7. The maximum Gasteiger partial charge on any atom is 0.321 e. The van der Waals surface area contributed by atoms with Gasteiger partial charge in [-0.2, -0.15) is 0 Å². The molecule has 2 atom stereocenters. The Morgan fingerprint density at radius 3 is 2.48 bits per heavy atom. The first-order valence-corrected chi connectivity index (χ1v) is 8.88. The summed E-state index contributed by atoms with van der Waals surface area (Å²) in [5.41, 5.74) is -1.50. The van der Waals surface area contributed by atoms with Gasteiger partial charge in [-0.1, -0.05) is 12.1 Å². The quantitative estimate of drug-likeness (QED) is 0.838. The average Bonchev–Trinajstić information content (AvgIpc) is 3.04. The Balaban J connectivity index is 1.77. The van der Waals surface area contributed by atoms with E-state index in [4.69, 9.17) is 9.47 Å². The van der Waals surface area contributed by atoms with Crippen molar-refractivity contribution in [1.29, 1.82) is 0 Å². The third-order valence-electron chi connectivity index (χ3n) is 5.82. The van der Waals surface area contributed by atoms with E-state index in [0.717, 1.165) is 11.3 Å². The number of fused-ring (bicyclic) bond motifs is 1. The molecule has 2 heterocycles. The molecule has 0 aromatic heterocycles. The van der Waals surface area contributed by atoms with Crippen LogP contribution in [0.3, 0.4) is 0 Å². The first-order chi connectivity index (χ1) is 12.9. The fraction of sp³-hybridized carbons (Fsp3) is 0.400. The van der Waals surface area contributed by atoms with Gasteiger partial charge >= 0.3 is 6.03 Å². The molecule has 3 aliphatic rings. The summed E-state index contributed by atoms with van der Waals surface area (Å²) in [5, 5.41) is 6.36. The summed E-state index contributed by atoms with van der Waals surface area (Å²) in [6, 6.07) is 7.51. The molecule has 2 N–H and O–H groups in total. The van der Waals surface area contributed by atoms with E-state index in [1.165, 1.54) is 12.2 Å². The van der Waals surface area contributed by atoms with Gasteiger partial charge < -0.3 is 14.8 Å². The fourth-order valence-electron chi connectivity index (χ4n) is 4.33. The van der Waals surface area contributed by atoms with Gasteiger partial charge in [0.1, 0.15) is 17.0 Å². The predicted molar refractivity (Wildman–Crippen MR) is 99.2 cm³/mol. The number of amides is 2. The molecule has 0 radical (unpaired) electrons. The summed E-state index contributed by atoms with van der Waals surface area (Å²) in [5.74, 6) is 0.701. The number of rotatable bonds is 4. The monoisotopic (exact) mass is 369 g/mol. The summed E-state index contributed by atoms with van der Waals surface area (Å²) in [6.07, 6.45) is 7.55. The van der Waals surface area contributed by atoms with Gasteiger partial charge in [-0.3, -0.25) is 15.0 Å². The molecule has 2 fully saturated rings. The SMILES string of the molecule is CN[C@]12CC3(C=CC(=O)C=C3)O[C@@]1(Cc1ccc(OC)cc1)N(C)C(=O)N2. The molecule has 0 saturated carbocycles. The minimum Gasteiger partial charge on any atom is -0.497 e. The highest BCUT2D eigenvalue weighted by atomic mass is 16.6. The molecule has 1 aliphatic carbocycles. The van der Waals surface area contributed by atoms with E-state index >= 15 is 0 Å². The number of allylic oxidation sites excluding steroid dienone is 2. The van der Waals surface area contributed by atoms with Gasteiger partial charge in [-0.15, -0.1) is 0 Å². The zero-order valence-corrected chi connectivity index (χ0v) is 15.6. The van der Waals surface area contributed by atoms with Gasteiger partial charge in [0.15, 0.2) is 11.5 Å². The van der Waals surface area contributed by atoms with Crippen LogP contribution < -0.4 is 15.4 Å². The number of benzene rings is 1. The van der Waals surface area contributed by atoms with Crippen molar-refractivity contribution >= 4 is 11.8 Å². The van der Waals surface area contributed by atoms with E-state index in [2.05, 4.69) is 10.6 Å². The van der Waals surface area contributed by atoms with Crippen molar-refractivity contribution in [2.75, 3.05) is 21.2 Å². The van der Waals surface area contributed by atoms with Crippen LogP contribution in [-0.4, -0.2) is 54.9 Å². The lowest BCUT2D eigenvalue weighted by Crippen LogP contribution is -2.65. The molecular formula is C20H23N3O4. The van der Waals surface area contributed by atoms with E-state index in [1.54, 1.807) is 31.2 Å². The molecule has 7 nitrogen and oxygen atoms in total. The van der Waals surface area contributed by atoms with E-state index in [-0.39, 0.29) is 11.8 Å². The van der Waals surface area contributed by atoms with Crippen molar-refractivity contribution in [2.45, 2.75) is 29.8 Å². The second-order valence-corrected chi connectivity index (χ2v) is 7.26. The lowest BCUT2D eigenvalue weighted by molar-refractivity contribution is -0.141. The Hall–Kier alpha value is -2.64. The lowest BCUT2D eigenvalue weighted by Gasteiger charge is -2.41. The van der Waals surface area contributed by atoms with Crippen LogP contribution in [0.2, 0.25) is 0 Å². The highest BCUT2D eigenvalue weighted by Gasteiger charge is 2.71. The molecule has 142 valence electrons. The van der Waals surface area contributed by atoms with Crippen LogP contribution in [0.5, 0.6) is 5.75 Å². The largest absolute Gasteiger partial charge is 0.497 e. The Bertz CT molecular complexity index is 831. The van der Waals surface area contributed by atoms with Crippen LogP contribution in [0.4, 0.5) is 4.79 Å². The van der Waals surface area contributed by atoms with Crippen molar-refractivity contribution in [3.8, 4) is 5.75 Å². The van der Waals surface area contributed by atoms with Crippen LogP contribution in [0, 0.1) is 0 Å². The fourth-order valence-corrected chi connectivity index (χ4v) is 4.33. The number of ether oxygens (including phenoxy) is 2. The van der Waals surface area contributed by atoms with Crippen molar-refractivity contribution in [2.24, 2.45) is 0 Å². The van der Waals surface area contributed by atoms with Gasteiger partial charge in [0.25, 0.3) is 0 Å². The minimum absolute atomic E-state index is 0.0682. The van der Waals surface area contributed by atoms with Gasteiger partial charge in [-0.05, 0) is 49.0 Å². The summed E-state index contributed by atoms with van der Waals surface area (Å²) >= 11 is 0. The molecule has 1 aromatic rings. The molecule has 2 saturated heterocycles. The summed E-state index contributed by atoms with van der Waals surface area (Å²) in [6.45, 7) is 0. The number of hydrogen-bond acceptors (Lipinski definition) is 5. The van der Waals surface area contributed by atoms with Crippen molar-refractivity contribution < 1.29 is 19.1 Å². The van der Waals surface area contributed by atoms with Crippen molar-refractivity contribution in [1.82, 2.24) is 15.5 Å². The topological polar surface area (TPSA) is 79.9 Å². The number of nitrogens with one attached hydrogen (secondary N) is 2. The maximum absolute atomic E-state index is 12.6. The Kier molecular flexibility index (Phi) is 3.90. The molecule has 1 aromatic carbocycles. The van der Waals surface area contributed by atoms with Gasteiger partial charge in [-0.25, -0.2) is 4.79 Å². The third kappa shape index (κ3) is 2.49. The van der Waals surface area contributed by atoms with E-state index in [1.807, 2.05) is 31.3 Å². The zero-order valence-electron chi connectivity index (χ0n) is 15.6. The second-order valence-electron chi connectivity index (χ2n) is 7.26. The standard InChI is InChI=1S/C20H23N3O4/c1-21-19-13-18(10-8-15(24)9-11-18)27-20(19,23(2)17(25)22-19)12-14-4-6-16(26-3)7-5-14/h4-11,21H,12-13H2,1-3H3,(H,22,25)/t19-,20+/m0/s1.